The van der Waals surface area contributed by atoms with Crippen molar-refractivity contribution in [3.05, 3.63) is 77.2 Å². The third kappa shape index (κ3) is 3.94. The number of aromatic nitrogens is 1. The summed E-state index contributed by atoms with van der Waals surface area (Å²) >= 11 is 0. The van der Waals surface area contributed by atoms with Crippen LogP contribution in [-0.2, 0) is 34.1 Å². The van der Waals surface area contributed by atoms with Crippen LogP contribution in [0.4, 0.5) is 10.1 Å². The molecule has 8 heteroatoms. The second-order valence-electron chi connectivity index (χ2n) is 8.46. The van der Waals surface area contributed by atoms with E-state index in [0.717, 1.165) is 22.4 Å². The van der Waals surface area contributed by atoms with Crippen LogP contribution in [0.2, 0.25) is 0 Å². The van der Waals surface area contributed by atoms with Gasteiger partial charge >= 0.3 is 0 Å². The molecule has 1 N–H and O–H groups in total. The minimum Gasteiger partial charge on any atom is -0.312 e. The molecule has 33 heavy (non-hydrogen) atoms. The standard InChI is InChI=1S/C25H24FN3O3S/c1-2-28-33(31,32)24-15-23-18(14-21(24)26)8-10-29(23)25(30)20-11-16-6-7-17(12-19(16)13-20)22-5-3-4-9-27-22/h3-7,9,12,14-15,20,28H,2,8,10-11,13H2,1H3. The van der Waals surface area contributed by atoms with Gasteiger partial charge in [-0.15, -0.1) is 0 Å². The quantitative estimate of drug-likeness (QED) is 0.626. The van der Waals surface area contributed by atoms with Crippen LogP contribution in [0.25, 0.3) is 11.3 Å². The van der Waals surface area contributed by atoms with Crippen LogP contribution in [0.15, 0.2) is 59.6 Å². The van der Waals surface area contributed by atoms with Gasteiger partial charge in [-0.05, 0) is 66.3 Å². The van der Waals surface area contributed by atoms with Crippen molar-refractivity contribution in [3.8, 4) is 11.3 Å². The number of anilines is 1. The van der Waals surface area contributed by atoms with Crippen LogP contribution in [0.5, 0.6) is 0 Å². The van der Waals surface area contributed by atoms with Crippen LogP contribution < -0.4 is 9.62 Å². The van der Waals surface area contributed by atoms with E-state index in [2.05, 4.69) is 21.8 Å². The molecule has 1 unspecified atom stereocenters. The van der Waals surface area contributed by atoms with Gasteiger partial charge in [-0.3, -0.25) is 9.78 Å². The monoisotopic (exact) mass is 465 g/mol. The summed E-state index contributed by atoms with van der Waals surface area (Å²) in [4.78, 5) is 19.1. The van der Waals surface area contributed by atoms with Gasteiger partial charge in [0.15, 0.2) is 0 Å². The zero-order valence-electron chi connectivity index (χ0n) is 18.2. The number of benzene rings is 2. The zero-order valence-corrected chi connectivity index (χ0v) is 19.0. The highest BCUT2D eigenvalue weighted by Gasteiger charge is 2.35. The van der Waals surface area contributed by atoms with Crippen molar-refractivity contribution in [1.82, 2.24) is 9.71 Å². The summed E-state index contributed by atoms with van der Waals surface area (Å²) in [7, 11) is -3.97. The Kier molecular flexibility index (Phi) is 5.50. The third-order valence-electron chi connectivity index (χ3n) is 6.37. The van der Waals surface area contributed by atoms with E-state index >= 15 is 0 Å². The van der Waals surface area contributed by atoms with Crippen molar-refractivity contribution in [2.45, 2.75) is 31.1 Å². The lowest BCUT2D eigenvalue weighted by molar-refractivity contribution is -0.122. The molecule has 0 bridgehead atoms. The molecule has 0 fully saturated rings. The maximum atomic E-state index is 14.5. The number of rotatable bonds is 5. The van der Waals surface area contributed by atoms with Gasteiger partial charge < -0.3 is 4.90 Å². The van der Waals surface area contributed by atoms with Crippen molar-refractivity contribution in [2.24, 2.45) is 5.92 Å². The Hall–Kier alpha value is -3.10. The van der Waals surface area contributed by atoms with Crippen LogP contribution in [-0.4, -0.2) is 32.4 Å². The zero-order chi connectivity index (χ0) is 23.2. The average molecular weight is 466 g/mol. The number of carbonyl (C=O) groups is 1. The molecule has 1 aromatic heterocycles. The Morgan fingerprint density at radius 3 is 2.70 bits per heavy atom. The Balaban J connectivity index is 1.40. The summed E-state index contributed by atoms with van der Waals surface area (Å²) in [5.41, 5.74) is 5.32. The van der Waals surface area contributed by atoms with E-state index in [1.165, 1.54) is 12.1 Å². The molecule has 1 atom stereocenters. The fourth-order valence-electron chi connectivity index (χ4n) is 4.80. The van der Waals surface area contributed by atoms with Gasteiger partial charge in [0.25, 0.3) is 0 Å². The molecule has 2 aromatic carbocycles. The first-order chi connectivity index (χ1) is 15.9. The summed E-state index contributed by atoms with van der Waals surface area (Å²) in [6.07, 6.45) is 3.51. The lowest BCUT2D eigenvalue weighted by atomic mass is 10.0. The fourth-order valence-corrected chi connectivity index (χ4v) is 5.91. The molecule has 0 saturated heterocycles. The van der Waals surface area contributed by atoms with Gasteiger partial charge in [0.05, 0.1) is 5.69 Å². The molecule has 1 aliphatic carbocycles. The molecule has 5 rings (SSSR count). The summed E-state index contributed by atoms with van der Waals surface area (Å²) in [6.45, 7) is 2.21. The maximum Gasteiger partial charge on any atom is 0.243 e. The summed E-state index contributed by atoms with van der Waals surface area (Å²) in [5, 5.41) is 0. The van der Waals surface area contributed by atoms with Crippen molar-refractivity contribution in [1.29, 1.82) is 0 Å². The Morgan fingerprint density at radius 2 is 1.94 bits per heavy atom. The van der Waals surface area contributed by atoms with Crippen molar-refractivity contribution in [2.75, 3.05) is 18.0 Å². The molecule has 2 heterocycles. The van der Waals surface area contributed by atoms with E-state index in [1.807, 2.05) is 24.3 Å². The predicted octanol–water partition coefficient (Wildman–Crippen LogP) is 3.49. The second-order valence-corrected chi connectivity index (χ2v) is 10.2. The number of nitrogens with zero attached hydrogens (tertiary/aromatic N) is 2. The first-order valence-corrected chi connectivity index (χ1v) is 12.5. The molecule has 170 valence electrons. The van der Waals surface area contributed by atoms with E-state index < -0.39 is 20.7 Å². The van der Waals surface area contributed by atoms with Gasteiger partial charge in [-0.2, -0.15) is 0 Å². The predicted molar refractivity (Wildman–Crippen MR) is 124 cm³/mol. The van der Waals surface area contributed by atoms with Crippen LogP contribution in [0.3, 0.4) is 0 Å². The van der Waals surface area contributed by atoms with Crippen LogP contribution >= 0.6 is 0 Å². The van der Waals surface area contributed by atoms with Crippen molar-refractivity contribution < 1.29 is 17.6 Å². The molecule has 2 aliphatic rings. The summed E-state index contributed by atoms with van der Waals surface area (Å²) in [6, 6.07) is 14.5. The maximum absolute atomic E-state index is 14.5. The average Bonchev–Trinajstić information content (AvgIpc) is 3.42. The number of fused-ring (bicyclic) bond motifs is 2. The van der Waals surface area contributed by atoms with Crippen molar-refractivity contribution in [3.63, 3.8) is 0 Å². The largest absolute Gasteiger partial charge is 0.312 e. The summed E-state index contributed by atoms with van der Waals surface area (Å²) in [5.74, 6) is -1.08. The van der Waals surface area contributed by atoms with Gasteiger partial charge in [0.1, 0.15) is 10.7 Å². The molecule has 3 aromatic rings. The second kappa shape index (κ2) is 8.35. The van der Waals surface area contributed by atoms with Gasteiger partial charge in [-0.25, -0.2) is 17.5 Å². The molecule has 0 spiro atoms. The molecule has 1 amide bonds. The van der Waals surface area contributed by atoms with Gasteiger partial charge in [0.2, 0.25) is 15.9 Å². The number of carbonyl (C=O) groups excluding carboxylic acids is 1. The highest BCUT2D eigenvalue weighted by molar-refractivity contribution is 7.89. The topological polar surface area (TPSA) is 79.4 Å². The number of hydrogen-bond donors (Lipinski definition) is 1. The highest BCUT2D eigenvalue weighted by Crippen LogP contribution is 2.37. The Morgan fingerprint density at radius 1 is 1.12 bits per heavy atom. The molecule has 0 radical (unpaired) electrons. The summed E-state index contributed by atoms with van der Waals surface area (Å²) < 4.78 is 41.7. The Labute approximate surface area is 192 Å². The first-order valence-electron chi connectivity index (χ1n) is 11.0. The molecule has 6 nitrogen and oxygen atoms in total. The number of pyridine rings is 1. The third-order valence-corrected chi connectivity index (χ3v) is 7.93. The van der Waals surface area contributed by atoms with Crippen LogP contribution in [0.1, 0.15) is 23.6 Å². The van der Waals surface area contributed by atoms with E-state index in [0.29, 0.717) is 37.1 Å². The number of hydrogen-bond acceptors (Lipinski definition) is 4. The lowest BCUT2D eigenvalue weighted by Gasteiger charge is -2.22. The molecule has 0 saturated carbocycles. The highest BCUT2D eigenvalue weighted by atomic mass is 32.2. The SMILES string of the molecule is CCNS(=O)(=O)c1cc2c(cc1F)CCN2C(=O)C1Cc2ccc(-c3ccccn3)cc2C1. The number of sulfonamides is 1. The minimum absolute atomic E-state index is 0.0530. The van der Waals surface area contributed by atoms with E-state index in [1.54, 1.807) is 18.0 Å². The fraction of sp³-hybridized carbons (Fsp3) is 0.280. The van der Waals surface area contributed by atoms with E-state index in [4.69, 9.17) is 0 Å². The molecular weight excluding hydrogens is 441 g/mol. The van der Waals surface area contributed by atoms with Crippen molar-refractivity contribution >= 4 is 21.6 Å². The number of amides is 1. The normalized spacial score (nSPS) is 17.2. The lowest BCUT2D eigenvalue weighted by Crippen LogP contribution is -2.35. The Bertz CT molecular complexity index is 1340. The van der Waals surface area contributed by atoms with Crippen LogP contribution in [0, 0.1) is 11.7 Å². The van der Waals surface area contributed by atoms with E-state index in [-0.39, 0.29) is 18.4 Å². The molecule has 1 aliphatic heterocycles. The van der Waals surface area contributed by atoms with E-state index in [9.17, 15) is 17.6 Å². The number of halogens is 1. The minimum atomic E-state index is -3.97. The first kappa shape index (κ1) is 21.7. The van der Waals surface area contributed by atoms with Gasteiger partial charge in [0, 0.05) is 36.5 Å². The number of nitrogens with one attached hydrogen (secondary N) is 1. The smallest absolute Gasteiger partial charge is 0.243 e. The van der Waals surface area contributed by atoms with Gasteiger partial charge in [-0.1, -0.05) is 25.1 Å². The molecular formula is C25H24FN3O3S.